The van der Waals surface area contributed by atoms with Gasteiger partial charge in [0, 0.05) is 11.1 Å². The molecule has 0 aliphatic carbocycles. The molecule has 0 aliphatic heterocycles. The van der Waals surface area contributed by atoms with E-state index < -0.39 is 0 Å². The van der Waals surface area contributed by atoms with Crippen LogP contribution in [0.5, 0.6) is 11.5 Å². The van der Waals surface area contributed by atoms with Gasteiger partial charge in [-0.05, 0) is 41.2 Å². The molecule has 0 spiro atoms. The van der Waals surface area contributed by atoms with Crippen molar-refractivity contribution in [2.45, 2.75) is 0 Å². The molecule has 0 amide bonds. The van der Waals surface area contributed by atoms with Gasteiger partial charge in [0.1, 0.15) is 11.5 Å². The molecule has 0 aliphatic rings. The summed E-state index contributed by atoms with van der Waals surface area (Å²) in [6.07, 6.45) is 1.75. The number of ether oxygens (including phenoxy) is 2. The van der Waals surface area contributed by atoms with E-state index in [1.165, 1.54) is 0 Å². The predicted octanol–water partition coefficient (Wildman–Crippen LogP) is 4.66. The molecule has 1 N–H and O–H groups in total. The largest absolute Gasteiger partial charge is 0.497 e. The lowest BCUT2D eigenvalue weighted by atomic mass is 10.0. The lowest BCUT2D eigenvalue weighted by Crippen LogP contribution is -1.98. The number of nitrogens with zero attached hydrogens (tertiary/aromatic N) is 3. The smallest absolute Gasteiger partial charge is 0.216 e. The van der Waals surface area contributed by atoms with Gasteiger partial charge in [-0.25, -0.2) is 5.10 Å². The average Bonchev–Trinajstić information content (AvgIpc) is 3.12. The molecule has 28 heavy (non-hydrogen) atoms. The zero-order valence-electron chi connectivity index (χ0n) is 15.4. The van der Waals surface area contributed by atoms with Crippen LogP contribution in [0, 0.1) is 4.77 Å². The van der Waals surface area contributed by atoms with Crippen LogP contribution >= 0.6 is 12.2 Å². The molecule has 1 aromatic heterocycles. The Balaban J connectivity index is 1.83. The summed E-state index contributed by atoms with van der Waals surface area (Å²) >= 11 is 5.38. The maximum absolute atomic E-state index is 5.53. The molecule has 0 radical (unpaired) electrons. The lowest BCUT2D eigenvalue weighted by Gasteiger charge is -2.08. The number of aromatic amines is 1. The molecule has 4 rings (SSSR count). The van der Waals surface area contributed by atoms with Crippen LogP contribution < -0.4 is 9.47 Å². The number of rotatable bonds is 5. The zero-order chi connectivity index (χ0) is 19.5. The van der Waals surface area contributed by atoms with E-state index in [-0.39, 0.29) is 0 Å². The first kappa shape index (κ1) is 17.9. The van der Waals surface area contributed by atoms with Gasteiger partial charge < -0.3 is 9.47 Å². The van der Waals surface area contributed by atoms with Crippen molar-refractivity contribution in [3.8, 4) is 22.9 Å². The Morgan fingerprint density at radius 1 is 1.04 bits per heavy atom. The van der Waals surface area contributed by atoms with Gasteiger partial charge in [0.15, 0.2) is 5.82 Å². The summed E-state index contributed by atoms with van der Waals surface area (Å²) in [5.41, 5.74) is 1.72. The summed E-state index contributed by atoms with van der Waals surface area (Å²) in [4.78, 5) is 0. The molecular weight excluding hydrogens is 372 g/mol. The average molecular weight is 390 g/mol. The second-order valence-electron chi connectivity index (χ2n) is 6.04. The summed E-state index contributed by atoms with van der Waals surface area (Å²) in [7, 11) is 3.27. The Morgan fingerprint density at radius 2 is 1.89 bits per heavy atom. The highest BCUT2D eigenvalue weighted by Gasteiger charge is 2.10. The number of methoxy groups -OCH3 is 2. The fourth-order valence-electron chi connectivity index (χ4n) is 3.05. The fraction of sp³-hybridized carbons (Fsp3) is 0.0952. The molecule has 3 aromatic carbocycles. The standard InChI is InChI=1S/C21H18N4O2S/c1-26-16-8-5-7-15(12-16)20-23-24-21(28)25(20)22-13-18-17-9-4-3-6-14(17)10-11-19(18)27-2/h3-13H,1-2H3,(H,24,28)/b22-13+. The molecule has 0 saturated heterocycles. The third-order valence-electron chi connectivity index (χ3n) is 4.43. The van der Waals surface area contributed by atoms with Crippen molar-refractivity contribution in [2.75, 3.05) is 14.2 Å². The second-order valence-corrected chi connectivity index (χ2v) is 6.43. The van der Waals surface area contributed by atoms with Crippen LogP contribution in [0.25, 0.3) is 22.2 Å². The van der Waals surface area contributed by atoms with E-state index in [2.05, 4.69) is 21.4 Å². The maximum Gasteiger partial charge on any atom is 0.216 e. The molecule has 0 fully saturated rings. The highest BCUT2D eigenvalue weighted by atomic mass is 32.1. The SMILES string of the molecule is COc1cccc(-c2n[nH]c(=S)n2/N=C/c2c(OC)ccc3ccccc23)c1. The van der Waals surface area contributed by atoms with E-state index in [4.69, 9.17) is 21.7 Å². The molecule has 7 heteroatoms. The summed E-state index contributed by atoms with van der Waals surface area (Å²) in [5, 5.41) is 13.9. The maximum atomic E-state index is 5.53. The number of benzene rings is 3. The van der Waals surface area contributed by atoms with Gasteiger partial charge in [0.25, 0.3) is 0 Å². The molecule has 4 aromatic rings. The minimum Gasteiger partial charge on any atom is -0.497 e. The predicted molar refractivity (Wildman–Crippen MR) is 113 cm³/mol. The first-order valence-corrected chi connectivity index (χ1v) is 9.04. The summed E-state index contributed by atoms with van der Waals surface area (Å²) < 4.78 is 12.8. The van der Waals surface area contributed by atoms with Crippen molar-refractivity contribution in [3.05, 3.63) is 71.0 Å². The van der Waals surface area contributed by atoms with Gasteiger partial charge in [-0.3, -0.25) is 0 Å². The first-order chi connectivity index (χ1) is 13.7. The molecule has 0 saturated carbocycles. The third-order valence-corrected chi connectivity index (χ3v) is 4.70. The molecule has 0 bridgehead atoms. The highest BCUT2D eigenvalue weighted by Crippen LogP contribution is 2.27. The number of hydrogen-bond acceptors (Lipinski definition) is 5. The van der Waals surface area contributed by atoms with E-state index in [0.717, 1.165) is 33.4 Å². The number of fused-ring (bicyclic) bond motifs is 1. The summed E-state index contributed by atoms with van der Waals surface area (Å²) in [6.45, 7) is 0. The van der Waals surface area contributed by atoms with Crippen LogP contribution in [0.1, 0.15) is 5.56 Å². The number of H-pyrrole nitrogens is 1. The Bertz CT molecular complexity index is 1230. The van der Waals surface area contributed by atoms with E-state index in [0.29, 0.717) is 10.6 Å². The Hall–Kier alpha value is -3.45. The van der Waals surface area contributed by atoms with Crippen LogP contribution in [-0.4, -0.2) is 35.3 Å². The minimum atomic E-state index is 0.397. The number of hydrogen-bond donors (Lipinski definition) is 1. The van der Waals surface area contributed by atoms with Crippen molar-refractivity contribution in [2.24, 2.45) is 5.10 Å². The molecule has 0 atom stereocenters. The fourth-order valence-corrected chi connectivity index (χ4v) is 3.23. The van der Waals surface area contributed by atoms with E-state index in [9.17, 15) is 0 Å². The van der Waals surface area contributed by atoms with Crippen molar-refractivity contribution in [1.29, 1.82) is 0 Å². The van der Waals surface area contributed by atoms with E-state index in [1.54, 1.807) is 25.1 Å². The molecular formula is C21H18N4O2S. The van der Waals surface area contributed by atoms with Crippen molar-refractivity contribution in [1.82, 2.24) is 14.9 Å². The Morgan fingerprint density at radius 3 is 2.71 bits per heavy atom. The van der Waals surface area contributed by atoms with Gasteiger partial charge in [0.05, 0.1) is 20.4 Å². The highest BCUT2D eigenvalue weighted by molar-refractivity contribution is 7.71. The quantitative estimate of drug-likeness (QED) is 0.398. The van der Waals surface area contributed by atoms with E-state index in [1.807, 2.05) is 54.6 Å². The van der Waals surface area contributed by atoms with Gasteiger partial charge in [0.2, 0.25) is 4.77 Å². The Labute approximate surface area is 167 Å². The first-order valence-electron chi connectivity index (χ1n) is 8.63. The van der Waals surface area contributed by atoms with Gasteiger partial charge >= 0.3 is 0 Å². The van der Waals surface area contributed by atoms with Crippen molar-refractivity contribution >= 4 is 29.2 Å². The Kier molecular flexibility index (Phi) is 4.90. The minimum absolute atomic E-state index is 0.397. The monoisotopic (exact) mass is 390 g/mol. The molecule has 6 nitrogen and oxygen atoms in total. The normalized spacial score (nSPS) is 11.2. The van der Waals surface area contributed by atoms with Crippen LogP contribution in [-0.2, 0) is 0 Å². The van der Waals surface area contributed by atoms with Crippen molar-refractivity contribution in [3.63, 3.8) is 0 Å². The van der Waals surface area contributed by atoms with Gasteiger partial charge in [-0.2, -0.15) is 14.9 Å². The van der Waals surface area contributed by atoms with Crippen LogP contribution in [0.4, 0.5) is 0 Å². The second kappa shape index (κ2) is 7.66. The number of nitrogens with one attached hydrogen (secondary N) is 1. The molecule has 140 valence electrons. The van der Waals surface area contributed by atoms with Gasteiger partial charge in [-0.15, -0.1) is 0 Å². The third kappa shape index (κ3) is 3.27. The lowest BCUT2D eigenvalue weighted by molar-refractivity contribution is 0.415. The summed E-state index contributed by atoms with van der Waals surface area (Å²) in [6, 6.07) is 19.6. The van der Waals surface area contributed by atoms with E-state index >= 15 is 0 Å². The topological polar surface area (TPSA) is 64.4 Å². The van der Waals surface area contributed by atoms with Crippen LogP contribution in [0.3, 0.4) is 0 Å². The zero-order valence-corrected chi connectivity index (χ0v) is 16.2. The van der Waals surface area contributed by atoms with Gasteiger partial charge in [-0.1, -0.05) is 42.5 Å². The number of aromatic nitrogens is 3. The van der Waals surface area contributed by atoms with Crippen LogP contribution in [0.15, 0.2) is 65.8 Å². The van der Waals surface area contributed by atoms with Crippen LogP contribution in [0.2, 0.25) is 0 Å². The molecule has 1 heterocycles. The molecule has 0 unspecified atom stereocenters. The summed E-state index contributed by atoms with van der Waals surface area (Å²) in [5.74, 6) is 2.07. The van der Waals surface area contributed by atoms with Crippen molar-refractivity contribution < 1.29 is 9.47 Å².